The van der Waals surface area contributed by atoms with Gasteiger partial charge in [-0.25, -0.2) is 0 Å². The third kappa shape index (κ3) is 6.31. The van der Waals surface area contributed by atoms with E-state index in [1.165, 1.54) is 11.1 Å². The predicted molar refractivity (Wildman–Crippen MR) is 123 cm³/mol. The van der Waals surface area contributed by atoms with E-state index >= 15 is 0 Å². The maximum atomic E-state index is 4.42. The van der Waals surface area contributed by atoms with Gasteiger partial charge in [-0.15, -0.1) is 0 Å². The van der Waals surface area contributed by atoms with Crippen molar-refractivity contribution in [3.63, 3.8) is 0 Å². The molecule has 0 amide bonds. The van der Waals surface area contributed by atoms with Crippen molar-refractivity contribution in [2.75, 3.05) is 53.9 Å². The number of likely N-dealkylation sites (N-methyl/N-ethyl adjacent to an activating group) is 2. The second-order valence-corrected chi connectivity index (χ2v) is 7.94. The molecule has 0 spiro atoms. The smallest absolute Gasteiger partial charge is 0.191 e. The standard InChI is InChI=1S/C24H35N5/c1-25-24(27-18-22-19-28(2)16-17-29(22)3)26-15-14-23(20-10-6-4-7-11-20)21-12-8-5-9-13-21/h4-13,22-23H,14-19H2,1-3H3,(H2,25,26,27). The molecule has 5 nitrogen and oxygen atoms in total. The van der Waals surface area contributed by atoms with Crippen LogP contribution < -0.4 is 10.6 Å². The lowest BCUT2D eigenvalue weighted by Crippen LogP contribution is -2.55. The molecule has 2 aromatic rings. The molecule has 1 aliphatic heterocycles. The summed E-state index contributed by atoms with van der Waals surface area (Å²) in [4.78, 5) is 9.25. The number of rotatable bonds is 7. The molecule has 1 heterocycles. The fraction of sp³-hybridized carbons (Fsp3) is 0.458. The molecule has 156 valence electrons. The molecular formula is C24H35N5. The molecule has 1 saturated heterocycles. The fourth-order valence-corrected chi connectivity index (χ4v) is 3.99. The summed E-state index contributed by atoms with van der Waals surface area (Å²) in [7, 11) is 6.25. The van der Waals surface area contributed by atoms with Crippen LogP contribution in [0.15, 0.2) is 65.7 Å². The summed E-state index contributed by atoms with van der Waals surface area (Å²) in [5.74, 6) is 1.26. The number of nitrogens with zero attached hydrogens (tertiary/aromatic N) is 3. The third-order valence-corrected chi connectivity index (χ3v) is 5.84. The van der Waals surface area contributed by atoms with E-state index in [4.69, 9.17) is 0 Å². The molecule has 5 heteroatoms. The van der Waals surface area contributed by atoms with Crippen LogP contribution in [0, 0.1) is 0 Å². The maximum absolute atomic E-state index is 4.42. The highest BCUT2D eigenvalue weighted by atomic mass is 15.3. The number of benzene rings is 2. The number of aliphatic imine (C=N–C) groups is 1. The van der Waals surface area contributed by atoms with Gasteiger partial charge in [-0.3, -0.25) is 9.89 Å². The van der Waals surface area contributed by atoms with Gasteiger partial charge in [0.25, 0.3) is 0 Å². The average Bonchev–Trinajstić information content (AvgIpc) is 2.76. The Labute approximate surface area is 175 Å². The van der Waals surface area contributed by atoms with Gasteiger partial charge in [0, 0.05) is 51.7 Å². The van der Waals surface area contributed by atoms with Crippen molar-refractivity contribution >= 4 is 5.96 Å². The van der Waals surface area contributed by atoms with E-state index in [2.05, 4.69) is 100 Å². The quantitative estimate of drug-likeness (QED) is 0.561. The van der Waals surface area contributed by atoms with E-state index < -0.39 is 0 Å². The lowest BCUT2D eigenvalue weighted by Gasteiger charge is -2.37. The van der Waals surface area contributed by atoms with E-state index in [-0.39, 0.29) is 0 Å². The molecule has 0 radical (unpaired) electrons. The Morgan fingerprint density at radius 2 is 1.59 bits per heavy atom. The van der Waals surface area contributed by atoms with Gasteiger partial charge in [0.1, 0.15) is 0 Å². The predicted octanol–water partition coefficient (Wildman–Crippen LogP) is 2.62. The van der Waals surface area contributed by atoms with Crippen LogP contribution in [0.2, 0.25) is 0 Å². The normalized spacial score (nSPS) is 18.8. The number of hydrogen-bond donors (Lipinski definition) is 2. The summed E-state index contributed by atoms with van der Waals surface area (Å²) in [5, 5.41) is 7.03. The van der Waals surface area contributed by atoms with Gasteiger partial charge in [0.05, 0.1) is 0 Å². The summed E-state index contributed by atoms with van der Waals surface area (Å²) in [6, 6.07) is 22.0. The zero-order chi connectivity index (χ0) is 20.5. The first-order valence-corrected chi connectivity index (χ1v) is 10.6. The van der Waals surface area contributed by atoms with Gasteiger partial charge in [0.15, 0.2) is 5.96 Å². The SMILES string of the molecule is CN=C(NCCC(c1ccccc1)c1ccccc1)NCC1CN(C)CCN1C. The second kappa shape index (κ2) is 11.0. The Morgan fingerprint density at radius 1 is 0.966 bits per heavy atom. The van der Waals surface area contributed by atoms with E-state index in [9.17, 15) is 0 Å². The molecule has 0 bridgehead atoms. The first-order valence-electron chi connectivity index (χ1n) is 10.6. The zero-order valence-electron chi connectivity index (χ0n) is 18.0. The van der Waals surface area contributed by atoms with Crippen molar-refractivity contribution in [2.45, 2.75) is 18.4 Å². The number of guanidine groups is 1. The van der Waals surface area contributed by atoms with Gasteiger partial charge in [-0.05, 0) is 31.6 Å². The Bertz CT molecular complexity index is 707. The maximum Gasteiger partial charge on any atom is 0.191 e. The summed E-state index contributed by atoms with van der Waals surface area (Å²) in [5.41, 5.74) is 2.71. The highest BCUT2D eigenvalue weighted by molar-refractivity contribution is 5.79. The molecule has 1 fully saturated rings. The van der Waals surface area contributed by atoms with Crippen molar-refractivity contribution in [1.82, 2.24) is 20.4 Å². The van der Waals surface area contributed by atoms with Gasteiger partial charge in [-0.2, -0.15) is 0 Å². The molecule has 29 heavy (non-hydrogen) atoms. The van der Waals surface area contributed by atoms with E-state index in [0.717, 1.165) is 45.1 Å². The Balaban J connectivity index is 1.54. The van der Waals surface area contributed by atoms with E-state index in [1.54, 1.807) is 0 Å². The van der Waals surface area contributed by atoms with Gasteiger partial charge >= 0.3 is 0 Å². The molecule has 0 aromatic heterocycles. The van der Waals surface area contributed by atoms with Crippen LogP contribution in [0.3, 0.4) is 0 Å². The molecule has 2 N–H and O–H groups in total. The molecule has 1 atom stereocenters. The van der Waals surface area contributed by atoms with Crippen LogP contribution >= 0.6 is 0 Å². The van der Waals surface area contributed by atoms with Gasteiger partial charge < -0.3 is 15.5 Å². The molecule has 3 rings (SSSR count). The van der Waals surface area contributed by atoms with E-state index in [0.29, 0.717) is 12.0 Å². The third-order valence-electron chi connectivity index (χ3n) is 5.84. The van der Waals surface area contributed by atoms with Crippen LogP contribution in [0.25, 0.3) is 0 Å². The van der Waals surface area contributed by atoms with Crippen LogP contribution in [0.1, 0.15) is 23.5 Å². The van der Waals surface area contributed by atoms with Crippen molar-refractivity contribution in [1.29, 1.82) is 0 Å². The van der Waals surface area contributed by atoms with E-state index in [1.807, 2.05) is 7.05 Å². The van der Waals surface area contributed by atoms with Crippen LogP contribution in [0.5, 0.6) is 0 Å². The minimum Gasteiger partial charge on any atom is -0.356 e. The van der Waals surface area contributed by atoms with Crippen LogP contribution in [-0.2, 0) is 0 Å². The lowest BCUT2D eigenvalue weighted by atomic mass is 9.88. The summed E-state index contributed by atoms with van der Waals surface area (Å²) in [6.07, 6.45) is 1.01. The van der Waals surface area contributed by atoms with Crippen molar-refractivity contribution in [3.8, 4) is 0 Å². The van der Waals surface area contributed by atoms with Gasteiger partial charge in [-0.1, -0.05) is 60.7 Å². The number of nitrogens with one attached hydrogen (secondary N) is 2. The monoisotopic (exact) mass is 393 g/mol. The Kier molecular flexibility index (Phi) is 8.08. The lowest BCUT2D eigenvalue weighted by molar-refractivity contribution is 0.116. The highest BCUT2D eigenvalue weighted by Gasteiger charge is 2.22. The summed E-state index contributed by atoms with van der Waals surface area (Å²) >= 11 is 0. The minimum atomic E-state index is 0.376. The number of hydrogen-bond acceptors (Lipinski definition) is 3. The van der Waals surface area contributed by atoms with Crippen molar-refractivity contribution in [2.24, 2.45) is 4.99 Å². The first-order chi connectivity index (χ1) is 14.2. The fourth-order valence-electron chi connectivity index (χ4n) is 3.99. The molecule has 1 unspecified atom stereocenters. The largest absolute Gasteiger partial charge is 0.356 e. The molecule has 0 aliphatic carbocycles. The topological polar surface area (TPSA) is 42.9 Å². The zero-order valence-corrected chi connectivity index (χ0v) is 18.0. The highest BCUT2D eigenvalue weighted by Crippen LogP contribution is 2.27. The first kappa shape index (κ1) is 21.3. The molecule has 0 saturated carbocycles. The molecule has 2 aromatic carbocycles. The van der Waals surface area contributed by atoms with Crippen molar-refractivity contribution in [3.05, 3.63) is 71.8 Å². The summed E-state index contributed by atoms with van der Waals surface area (Å²) < 4.78 is 0. The molecular weight excluding hydrogens is 358 g/mol. The number of piperazine rings is 1. The minimum absolute atomic E-state index is 0.376. The Morgan fingerprint density at radius 3 is 2.17 bits per heavy atom. The Hall–Kier alpha value is -2.37. The summed E-state index contributed by atoms with van der Waals surface area (Å²) in [6.45, 7) is 5.12. The van der Waals surface area contributed by atoms with Crippen LogP contribution in [-0.4, -0.2) is 75.7 Å². The van der Waals surface area contributed by atoms with Crippen LogP contribution in [0.4, 0.5) is 0 Å². The average molecular weight is 394 g/mol. The second-order valence-electron chi connectivity index (χ2n) is 7.94. The molecule has 1 aliphatic rings. The van der Waals surface area contributed by atoms with Gasteiger partial charge in [0.2, 0.25) is 0 Å². The van der Waals surface area contributed by atoms with Crippen molar-refractivity contribution < 1.29 is 0 Å².